The Kier molecular flexibility index (Phi) is 3.33. The van der Waals surface area contributed by atoms with Crippen LogP contribution in [0.25, 0.3) is 0 Å². The highest BCUT2D eigenvalue weighted by atomic mass is 16.3. The van der Waals surface area contributed by atoms with Gasteiger partial charge in [0.05, 0.1) is 6.10 Å². The van der Waals surface area contributed by atoms with Gasteiger partial charge in [0.25, 0.3) is 5.91 Å². The van der Waals surface area contributed by atoms with Crippen LogP contribution in [-0.4, -0.2) is 42.2 Å². The highest BCUT2D eigenvalue weighted by Crippen LogP contribution is 2.23. The number of hydrogen-bond donors (Lipinski definition) is 2. The van der Waals surface area contributed by atoms with Crippen molar-refractivity contribution in [1.82, 2.24) is 4.90 Å². The number of hydrogen-bond acceptors (Lipinski definition) is 3. The van der Waals surface area contributed by atoms with E-state index in [9.17, 15) is 9.90 Å². The zero-order valence-corrected chi connectivity index (χ0v) is 10.2. The molecule has 0 bridgehead atoms. The van der Waals surface area contributed by atoms with E-state index in [0.717, 1.165) is 18.7 Å². The van der Waals surface area contributed by atoms with E-state index >= 15 is 0 Å². The van der Waals surface area contributed by atoms with Crippen molar-refractivity contribution in [3.05, 3.63) is 29.3 Å². The van der Waals surface area contributed by atoms with Gasteiger partial charge < -0.3 is 15.3 Å². The summed E-state index contributed by atoms with van der Waals surface area (Å²) in [6.07, 6.45) is 0.469. The molecule has 1 amide bonds. The van der Waals surface area contributed by atoms with Crippen LogP contribution < -0.4 is 5.32 Å². The van der Waals surface area contributed by atoms with E-state index in [2.05, 4.69) is 5.32 Å². The van der Waals surface area contributed by atoms with Gasteiger partial charge in [0.15, 0.2) is 0 Å². The molecule has 2 N–H and O–H groups in total. The van der Waals surface area contributed by atoms with Gasteiger partial charge in [0.1, 0.15) is 0 Å². The minimum absolute atomic E-state index is 0.0411. The average Bonchev–Trinajstić information content (AvgIpc) is 2.73. The van der Waals surface area contributed by atoms with Gasteiger partial charge in [-0.05, 0) is 37.1 Å². The summed E-state index contributed by atoms with van der Waals surface area (Å²) in [7, 11) is 1.71. The van der Waals surface area contributed by atoms with Gasteiger partial charge in [0, 0.05) is 31.4 Å². The fourth-order valence-electron chi connectivity index (χ4n) is 2.14. The third-order valence-corrected chi connectivity index (χ3v) is 2.95. The predicted molar refractivity (Wildman–Crippen MR) is 67.3 cm³/mol. The number of anilines is 1. The van der Waals surface area contributed by atoms with Gasteiger partial charge >= 0.3 is 0 Å². The van der Waals surface area contributed by atoms with Crippen LogP contribution in [-0.2, 0) is 6.42 Å². The maximum atomic E-state index is 12.1. The van der Waals surface area contributed by atoms with Crippen LogP contribution in [0, 0.1) is 0 Å². The standard InChI is InChI=1S/C13H18N2O2/c1-9(16)8-15(2)13(17)11-3-4-12-10(7-11)5-6-14-12/h3-4,7,9,14,16H,5-6,8H2,1-2H3. The quantitative estimate of drug-likeness (QED) is 0.823. The molecule has 4 heteroatoms. The third-order valence-electron chi connectivity index (χ3n) is 2.95. The van der Waals surface area contributed by atoms with Crippen LogP contribution >= 0.6 is 0 Å². The molecule has 92 valence electrons. The topological polar surface area (TPSA) is 52.6 Å². The van der Waals surface area contributed by atoms with Crippen LogP contribution in [0.15, 0.2) is 18.2 Å². The number of rotatable bonds is 3. The predicted octanol–water partition coefficient (Wildman–Crippen LogP) is 1.11. The number of likely N-dealkylation sites (N-methyl/N-ethyl adjacent to an activating group) is 1. The van der Waals surface area contributed by atoms with Crippen molar-refractivity contribution in [3.8, 4) is 0 Å². The molecule has 0 aliphatic carbocycles. The Bertz CT molecular complexity index is 429. The lowest BCUT2D eigenvalue weighted by atomic mass is 10.1. The van der Waals surface area contributed by atoms with Crippen molar-refractivity contribution in [1.29, 1.82) is 0 Å². The Balaban J connectivity index is 2.14. The molecule has 1 atom stereocenters. The first-order valence-electron chi connectivity index (χ1n) is 5.88. The second-order valence-corrected chi connectivity index (χ2v) is 4.58. The Labute approximate surface area is 101 Å². The number of nitrogens with zero attached hydrogens (tertiary/aromatic N) is 1. The number of carbonyl (C=O) groups is 1. The van der Waals surface area contributed by atoms with E-state index < -0.39 is 6.10 Å². The largest absolute Gasteiger partial charge is 0.392 e. The molecule has 1 aromatic carbocycles. The molecule has 4 nitrogen and oxygen atoms in total. The number of carbonyl (C=O) groups excluding carboxylic acids is 1. The second kappa shape index (κ2) is 4.75. The minimum Gasteiger partial charge on any atom is -0.392 e. The number of fused-ring (bicyclic) bond motifs is 1. The molecule has 0 saturated carbocycles. The van der Waals surface area contributed by atoms with Crippen LogP contribution in [0.3, 0.4) is 0 Å². The fraction of sp³-hybridized carbons (Fsp3) is 0.462. The summed E-state index contributed by atoms with van der Waals surface area (Å²) in [5.74, 6) is -0.0411. The molecule has 1 aliphatic rings. The highest BCUT2D eigenvalue weighted by molar-refractivity contribution is 5.95. The summed E-state index contributed by atoms with van der Waals surface area (Å²) in [6, 6.07) is 5.72. The monoisotopic (exact) mass is 234 g/mol. The molecule has 0 aromatic heterocycles. The molecule has 2 rings (SSSR count). The van der Waals surface area contributed by atoms with Crippen molar-refractivity contribution in [2.24, 2.45) is 0 Å². The first-order valence-corrected chi connectivity index (χ1v) is 5.88. The van der Waals surface area contributed by atoms with Crippen molar-refractivity contribution < 1.29 is 9.90 Å². The van der Waals surface area contributed by atoms with Crippen molar-refractivity contribution in [2.75, 3.05) is 25.5 Å². The molecule has 0 fully saturated rings. The van der Waals surface area contributed by atoms with E-state index in [1.807, 2.05) is 18.2 Å². The molecule has 1 heterocycles. The van der Waals surface area contributed by atoms with Gasteiger partial charge in [-0.15, -0.1) is 0 Å². The highest BCUT2D eigenvalue weighted by Gasteiger charge is 2.16. The minimum atomic E-state index is -0.500. The van der Waals surface area contributed by atoms with Gasteiger partial charge in [-0.1, -0.05) is 0 Å². The first-order chi connectivity index (χ1) is 8.08. The maximum Gasteiger partial charge on any atom is 0.253 e. The van der Waals surface area contributed by atoms with Gasteiger partial charge in [0.2, 0.25) is 0 Å². The number of aliphatic hydroxyl groups excluding tert-OH is 1. The van der Waals surface area contributed by atoms with Gasteiger partial charge in [-0.2, -0.15) is 0 Å². The molecule has 17 heavy (non-hydrogen) atoms. The maximum absolute atomic E-state index is 12.1. The molecular weight excluding hydrogens is 216 g/mol. The van der Waals surface area contributed by atoms with Gasteiger partial charge in [-0.3, -0.25) is 4.79 Å². The molecule has 1 aromatic rings. The summed E-state index contributed by atoms with van der Waals surface area (Å²) < 4.78 is 0. The number of aliphatic hydroxyl groups is 1. The lowest BCUT2D eigenvalue weighted by molar-refractivity contribution is 0.0703. The smallest absolute Gasteiger partial charge is 0.253 e. The number of nitrogens with one attached hydrogen (secondary N) is 1. The van der Waals surface area contributed by atoms with Crippen molar-refractivity contribution >= 4 is 11.6 Å². The van der Waals surface area contributed by atoms with Crippen LogP contribution in [0.5, 0.6) is 0 Å². The molecule has 0 radical (unpaired) electrons. The van der Waals surface area contributed by atoms with Crippen molar-refractivity contribution in [2.45, 2.75) is 19.4 Å². The summed E-state index contributed by atoms with van der Waals surface area (Å²) in [5, 5.41) is 12.5. The molecule has 1 unspecified atom stereocenters. The van der Waals surface area contributed by atoms with E-state index in [1.165, 1.54) is 5.56 Å². The summed E-state index contributed by atoms with van der Waals surface area (Å²) in [6.45, 7) is 2.97. The number of benzene rings is 1. The summed E-state index contributed by atoms with van der Waals surface area (Å²) in [4.78, 5) is 13.6. The zero-order valence-electron chi connectivity index (χ0n) is 10.2. The van der Waals surface area contributed by atoms with Crippen LogP contribution in [0.1, 0.15) is 22.8 Å². The fourth-order valence-corrected chi connectivity index (χ4v) is 2.14. The van der Waals surface area contributed by atoms with E-state index in [-0.39, 0.29) is 5.91 Å². The second-order valence-electron chi connectivity index (χ2n) is 4.58. The molecular formula is C13H18N2O2. The van der Waals surface area contributed by atoms with Crippen molar-refractivity contribution in [3.63, 3.8) is 0 Å². The van der Waals surface area contributed by atoms with E-state index in [4.69, 9.17) is 0 Å². The first kappa shape index (κ1) is 11.9. The van der Waals surface area contributed by atoms with Crippen LogP contribution in [0.2, 0.25) is 0 Å². The summed E-state index contributed by atoms with van der Waals surface area (Å²) >= 11 is 0. The third kappa shape index (κ3) is 2.58. The Hall–Kier alpha value is -1.55. The lowest BCUT2D eigenvalue weighted by Crippen LogP contribution is -2.33. The van der Waals surface area contributed by atoms with Crippen LogP contribution in [0.4, 0.5) is 5.69 Å². The lowest BCUT2D eigenvalue weighted by Gasteiger charge is -2.19. The Morgan fingerprint density at radius 2 is 2.35 bits per heavy atom. The average molecular weight is 234 g/mol. The molecule has 0 saturated heterocycles. The van der Waals surface area contributed by atoms with Gasteiger partial charge in [-0.25, -0.2) is 0 Å². The Morgan fingerprint density at radius 1 is 1.59 bits per heavy atom. The SMILES string of the molecule is CC(O)CN(C)C(=O)c1ccc2c(c1)CCN2. The molecule has 1 aliphatic heterocycles. The Morgan fingerprint density at radius 3 is 3.06 bits per heavy atom. The summed E-state index contributed by atoms with van der Waals surface area (Å²) in [5.41, 5.74) is 3.01. The normalized spacial score (nSPS) is 15.0. The van der Waals surface area contributed by atoms with E-state index in [0.29, 0.717) is 12.1 Å². The molecule has 0 spiro atoms. The van der Waals surface area contributed by atoms with E-state index in [1.54, 1.807) is 18.9 Å². The zero-order chi connectivity index (χ0) is 12.4. The number of amides is 1.